The molecule has 0 aliphatic heterocycles. The van der Waals surface area contributed by atoms with Crippen LogP contribution in [0, 0.1) is 5.92 Å². The van der Waals surface area contributed by atoms with Crippen LogP contribution in [0.2, 0.25) is 0 Å². The maximum absolute atomic E-state index is 12.4. The molecule has 0 bridgehead atoms. The van der Waals surface area contributed by atoms with Gasteiger partial charge in [-0.2, -0.15) is 0 Å². The predicted octanol–water partition coefficient (Wildman–Crippen LogP) is 4.15. The lowest BCUT2D eigenvalue weighted by molar-refractivity contribution is 0.267. The summed E-state index contributed by atoms with van der Waals surface area (Å²) in [6.45, 7) is 11.1. The molecule has 0 fully saturated rings. The van der Waals surface area contributed by atoms with Gasteiger partial charge in [0.15, 0.2) is 0 Å². The second-order valence-electron chi connectivity index (χ2n) is 7.47. The van der Waals surface area contributed by atoms with E-state index in [9.17, 15) is 4.21 Å². The molecule has 124 valence electrons. The van der Waals surface area contributed by atoms with Gasteiger partial charge in [-0.3, -0.25) is 0 Å². The Kier molecular flexibility index (Phi) is 5.67. The van der Waals surface area contributed by atoms with Crippen LogP contribution in [0.3, 0.4) is 0 Å². The monoisotopic (exact) mass is 323 g/mol. The maximum Gasteiger partial charge on any atom is 0.122 e. The van der Waals surface area contributed by atoms with Gasteiger partial charge >= 0.3 is 0 Å². The summed E-state index contributed by atoms with van der Waals surface area (Å²) in [5, 5.41) is 0. The molecule has 0 aromatic heterocycles. The molecule has 1 aliphatic carbocycles. The van der Waals surface area contributed by atoms with Gasteiger partial charge in [-0.15, -0.1) is 0 Å². The van der Waals surface area contributed by atoms with Crippen LogP contribution in [-0.4, -0.2) is 15.6 Å². The third kappa shape index (κ3) is 4.32. The van der Waals surface area contributed by atoms with Crippen molar-refractivity contribution in [1.29, 1.82) is 0 Å². The van der Waals surface area contributed by atoms with Gasteiger partial charge in [0.05, 0.1) is 22.3 Å². The summed E-state index contributed by atoms with van der Waals surface area (Å²) < 4.78 is 21.5. The lowest BCUT2D eigenvalue weighted by atomic mass is 9.87. The smallest absolute Gasteiger partial charge is 0.122 e. The third-order valence-corrected chi connectivity index (χ3v) is 5.45. The third-order valence-electron chi connectivity index (χ3n) is 3.84. The molecule has 0 saturated heterocycles. The predicted molar refractivity (Wildman–Crippen MR) is 93.5 cm³/mol. The maximum atomic E-state index is 12.4. The molecule has 0 heterocycles. The topological polar surface area (TPSA) is 38.3 Å². The summed E-state index contributed by atoms with van der Waals surface area (Å²) in [5.41, 5.74) is 2.54. The van der Waals surface area contributed by atoms with Crippen LogP contribution in [0.5, 0.6) is 5.75 Å². The summed E-state index contributed by atoms with van der Waals surface area (Å²) in [5.74, 6) is 1.51. The number of fused-ring (bicyclic) bond motifs is 1. The van der Waals surface area contributed by atoms with Crippen molar-refractivity contribution in [1.82, 2.24) is 4.72 Å². The van der Waals surface area contributed by atoms with Crippen molar-refractivity contribution < 1.29 is 8.95 Å². The molecule has 3 nitrogen and oxygen atoms in total. The van der Waals surface area contributed by atoms with E-state index in [4.69, 9.17) is 4.74 Å². The van der Waals surface area contributed by atoms with Crippen molar-refractivity contribution in [2.45, 2.75) is 64.7 Å². The van der Waals surface area contributed by atoms with Crippen molar-refractivity contribution in [3.8, 4) is 5.75 Å². The number of hydrogen-bond acceptors (Lipinski definition) is 2. The van der Waals surface area contributed by atoms with Gasteiger partial charge in [0.25, 0.3) is 0 Å². The van der Waals surface area contributed by atoms with E-state index in [0.29, 0.717) is 5.92 Å². The summed E-state index contributed by atoms with van der Waals surface area (Å²) in [4.78, 5) is 0. The Balaban J connectivity index is 2.20. The van der Waals surface area contributed by atoms with Gasteiger partial charge in [0, 0.05) is 6.04 Å². The Morgan fingerprint density at radius 1 is 1.36 bits per heavy atom. The van der Waals surface area contributed by atoms with Gasteiger partial charge in [-0.1, -0.05) is 26.0 Å². The number of hydrogen-bond donors (Lipinski definition) is 1. The largest absolute Gasteiger partial charge is 0.493 e. The highest BCUT2D eigenvalue weighted by Crippen LogP contribution is 2.36. The minimum absolute atomic E-state index is 0.159. The average molecular weight is 324 g/mol. The van der Waals surface area contributed by atoms with Crippen molar-refractivity contribution in [2.75, 3.05) is 6.61 Å². The van der Waals surface area contributed by atoms with E-state index in [2.05, 4.69) is 36.8 Å². The van der Waals surface area contributed by atoms with Crippen LogP contribution < -0.4 is 9.46 Å². The Morgan fingerprint density at radius 2 is 2.09 bits per heavy atom. The van der Waals surface area contributed by atoms with Gasteiger partial charge in [-0.25, -0.2) is 8.93 Å². The Hall–Kier alpha value is -0.870. The minimum Gasteiger partial charge on any atom is -0.493 e. The molecular formula is C18H29NO2S. The molecule has 0 radical (unpaired) electrons. The van der Waals surface area contributed by atoms with Crippen LogP contribution >= 0.6 is 0 Å². The van der Waals surface area contributed by atoms with Crippen molar-refractivity contribution in [3.63, 3.8) is 0 Å². The van der Waals surface area contributed by atoms with Crippen LogP contribution in [0.25, 0.3) is 0 Å². The fourth-order valence-corrected chi connectivity index (χ4v) is 3.49. The number of ether oxygens (including phenoxy) is 1. The molecule has 22 heavy (non-hydrogen) atoms. The van der Waals surface area contributed by atoms with E-state index in [1.165, 1.54) is 11.1 Å². The summed E-state index contributed by atoms with van der Waals surface area (Å²) in [6.07, 6.45) is 3.18. The SMILES string of the molecule is CC(C)COc1cccc2c1CCCC2NS(=O)C(C)(C)C. The number of benzene rings is 1. The van der Waals surface area contributed by atoms with Crippen LogP contribution in [0.15, 0.2) is 18.2 Å². The Labute approximate surface area is 137 Å². The first-order valence-electron chi connectivity index (χ1n) is 8.21. The summed E-state index contributed by atoms with van der Waals surface area (Å²) in [6, 6.07) is 6.42. The van der Waals surface area contributed by atoms with E-state index in [1.807, 2.05) is 20.8 Å². The zero-order chi connectivity index (χ0) is 16.3. The summed E-state index contributed by atoms with van der Waals surface area (Å²) in [7, 11) is -1.05. The van der Waals surface area contributed by atoms with E-state index in [1.54, 1.807) is 0 Å². The van der Waals surface area contributed by atoms with Crippen molar-refractivity contribution in [2.24, 2.45) is 5.92 Å². The summed E-state index contributed by atoms with van der Waals surface area (Å²) >= 11 is 0. The van der Waals surface area contributed by atoms with E-state index < -0.39 is 11.0 Å². The van der Waals surface area contributed by atoms with Crippen molar-refractivity contribution >= 4 is 11.0 Å². The molecule has 0 spiro atoms. The van der Waals surface area contributed by atoms with Gasteiger partial charge in [0.2, 0.25) is 0 Å². The first-order chi connectivity index (χ1) is 10.3. The lowest BCUT2D eigenvalue weighted by Gasteiger charge is -2.30. The molecule has 1 aromatic rings. The number of nitrogens with one attached hydrogen (secondary N) is 1. The molecule has 4 heteroatoms. The van der Waals surface area contributed by atoms with Gasteiger partial charge in [0.1, 0.15) is 5.75 Å². The zero-order valence-electron chi connectivity index (χ0n) is 14.4. The molecule has 2 atom stereocenters. The first kappa shape index (κ1) is 17.5. The number of rotatable bonds is 5. The quantitative estimate of drug-likeness (QED) is 0.884. The Morgan fingerprint density at radius 3 is 2.73 bits per heavy atom. The van der Waals surface area contributed by atoms with Crippen molar-refractivity contribution in [3.05, 3.63) is 29.3 Å². The first-order valence-corrected chi connectivity index (χ1v) is 9.36. The molecule has 2 rings (SSSR count). The van der Waals surface area contributed by atoms with E-state index in [-0.39, 0.29) is 10.8 Å². The van der Waals surface area contributed by atoms with Crippen LogP contribution in [0.1, 0.15) is 64.6 Å². The van der Waals surface area contributed by atoms with Crippen LogP contribution in [-0.2, 0) is 17.4 Å². The average Bonchev–Trinajstić information content (AvgIpc) is 2.44. The van der Waals surface area contributed by atoms with Gasteiger partial charge < -0.3 is 4.74 Å². The second-order valence-corrected chi connectivity index (χ2v) is 9.47. The second kappa shape index (κ2) is 7.14. The highest BCUT2D eigenvalue weighted by Gasteiger charge is 2.28. The standard InChI is InChI=1S/C18H29NO2S/c1-13(2)12-21-17-11-7-8-14-15(17)9-6-10-16(14)19-22(20)18(3,4)5/h7-8,11,13,16,19H,6,9-10,12H2,1-5H3. The molecular weight excluding hydrogens is 294 g/mol. The normalized spacial score (nSPS) is 19.8. The highest BCUT2D eigenvalue weighted by atomic mass is 32.2. The van der Waals surface area contributed by atoms with E-state index in [0.717, 1.165) is 31.6 Å². The van der Waals surface area contributed by atoms with Gasteiger partial charge in [-0.05, 0) is 63.1 Å². The minimum atomic E-state index is -1.05. The molecule has 1 N–H and O–H groups in total. The molecule has 1 aliphatic rings. The zero-order valence-corrected chi connectivity index (χ0v) is 15.3. The van der Waals surface area contributed by atoms with E-state index >= 15 is 0 Å². The molecule has 0 saturated carbocycles. The molecule has 2 unspecified atom stereocenters. The highest BCUT2D eigenvalue weighted by molar-refractivity contribution is 7.84. The van der Waals surface area contributed by atoms with Crippen LogP contribution in [0.4, 0.5) is 0 Å². The Bertz CT molecular complexity index is 534. The lowest BCUT2D eigenvalue weighted by Crippen LogP contribution is -2.37. The fourth-order valence-electron chi connectivity index (χ4n) is 2.64. The molecule has 0 amide bonds. The fraction of sp³-hybridized carbons (Fsp3) is 0.667. The molecule has 1 aromatic carbocycles.